The molecule has 2 amide bonds. The number of amides is 2. The van der Waals surface area contributed by atoms with Gasteiger partial charge in [-0.15, -0.1) is 11.3 Å². The number of hydrogen-bond acceptors (Lipinski definition) is 6. The molecule has 0 bridgehead atoms. The molecule has 202 valence electrons. The Morgan fingerprint density at radius 1 is 1.23 bits per heavy atom. The fourth-order valence-corrected chi connectivity index (χ4v) is 7.32. The third-order valence-corrected chi connectivity index (χ3v) is 9.80. The first-order chi connectivity index (χ1) is 18.6. The molecule has 0 spiro atoms. The average molecular weight is 587 g/mol. The molecule has 2 aromatic carbocycles. The molecule has 39 heavy (non-hydrogen) atoms. The zero-order valence-electron chi connectivity index (χ0n) is 20.8. The highest BCUT2D eigenvalue weighted by Gasteiger charge is 2.37. The van der Waals surface area contributed by atoms with Gasteiger partial charge in [-0.2, -0.15) is 4.72 Å². The summed E-state index contributed by atoms with van der Waals surface area (Å²) >= 11 is 7.06. The van der Waals surface area contributed by atoms with E-state index in [0.717, 1.165) is 28.4 Å². The van der Waals surface area contributed by atoms with Gasteiger partial charge in [0, 0.05) is 47.8 Å². The highest BCUT2D eigenvalue weighted by molar-refractivity contribution is 7.91. The van der Waals surface area contributed by atoms with Gasteiger partial charge >= 0.3 is 0 Å². The number of halogens is 2. The minimum Gasteiger partial charge on any atom is -0.341 e. The molecule has 0 unspecified atom stereocenters. The van der Waals surface area contributed by atoms with Crippen LogP contribution in [-0.4, -0.2) is 56.3 Å². The number of anilines is 1. The predicted octanol–water partition coefficient (Wildman–Crippen LogP) is 4.49. The van der Waals surface area contributed by atoms with Gasteiger partial charge in [-0.3, -0.25) is 14.6 Å². The van der Waals surface area contributed by atoms with Gasteiger partial charge in [-0.1, -0.05) is 23.7 Å². The average Bonchev–Trinajstić information content (AvgIpc) is 3.51. The molecule has 5 rings (SSSR count). The second-order valence-electron chi connectivity index (χ2n) is 9.20. The van der Waals surface area contributed by atoms with Gasteiger partial charge in [0.15, 0.2) is 0 Å². The zero-order chi connectivity index (χ0) is 27.7. The minimum absolute atomic E-state index is 0.00670. The van der Waals surface area contributed by atoms with Crippen molar-refractivity contribution in [3.05, 3.63) is 89.0 Å². The van der Waals surface area contributed by atoms with E-state index < -0.39 is 27.8 Å². The number of hydrogen-bond donors (Lipinski definition) is 1. The monoisotopic (exact) mass is 586 g/mol. The summed E-state index contributed by atoms with van der Waals surface area (Å²) in [5.41, 5.74) is 1.12. The molecule has 3 heterocycles. The number of carbonyl (C=O) groups excluding carboxylic acids is 2. The summed E-state index contributed by atoms with van der Waals surface area (Å²) in [5.74, 6) is -1.65. The van der Waals surface area contributed by atoms with E-state index in [-0.39, 0.29) is 34.3 Å². The Morgan fingerprint density at radius 2 is 2.05 bits per heavy atom. The fourth-order valence-electron chi connectivity index (χ4n) is 4.41. The highest BCUT2D eigenvalue weighted by atomic mass is 35.5. The van der Waals surface area contributed by atoms with Crippen molar-refractivity contribution >= 4 is 60.5 Å². The van der Waals surface area contributed by atoms with Crippen LogP contribution in [0, 0.1) is 5.82 Å². The number of pyridine rings is 1. The summed E-state index contributed by atoms with van der Waals surface area (Å²) in [4.78, 5) is 32.6. The van der Waals surface area contributed by atoms with E-state index in [1.807, 2.05) is 12.1 Å². The Labute approximate surface area is 234 Å². The molecule has 1 saturated heterocycles. The van der Waals surface area contributed by atoms with Crippen LogP contribution in [-0.2, 0) is 21.2 Å². The number of rotatable bonds is 8. The number of carbonyl (C=O) groups is 2. The van der Waals surface area contributed by atoms with Crippen molar-refractivity contribution < 1.29 is 22.4 Å². The van der Waals surface area contributed by atoms with E-state index in [4.69, 9.17) is 11.6 Å². The van der Waals surface area contributed by atoms with Crippen molar-refractivity contribution in [3.8, 4) is 0 Å². The molecule has 8 nitrogen and oxygen atoms in total. The van der Waals surface area contributed by atoms with Crippen LogP contribution in [0.3, 0.4) is 0 Å². The quantitative estimate of drug-likeness (QED) is 0.328. The molecule has 1 fully saturated rings. The third-order valence-electron chi connectivity index (χ3n) is 6.52. The third kappa shape index (κ3) is 5.81. The number of likely N-dealkylation sites (N-methyl/N-ethyl adjacent to an activating group) is 1. The van der Waals surface area contributed by atoms with Gasteiger partial charge in [0.1, 0.15) is 16.1 Å². The largest absolute Gasteiger partial charge is 0.341 e. The number of fused-ring (bicyclic) bond motifs is 1. The Hall–Kier alpha value is -3.38. The van der Waals surface area contributed by atoms with Crippen molar-refractivity contribution in [2.75, 3.05) is 25.0 Å². The van der Waals surface area contributed by atoms with Crippen LogP contribution in [0.5, 0.6) is 0 Å². The first-order valence-corrected chi connectivity index (χ1v) is 14.8. The maximum atomic E-state index is 15.1. The minimum atomic E-state index is -3.99. The maximum absolute atomic E-state index is 15.1. The van der Waals surface area contributed by atoms with E-state index >= 15 is 4.39 Å². The lowest BCUT2D eigenvalue weighted by atomic mass is 10.1. The molecular weight excluding hydrogens is 563 g/mol. The number of nitrogens with zero attached hydrogens (tertiary/aromatic N) is 3. The fraction of sp³-hybridized carbons (Fsp3) is 0.222. The van der Waals surface area contributed by atoms with Crippen LogP contribution in [0.4, 0.5) is 10.1 Å². The lowest BCUT2D eigenvalue weighted by molar-refractivity contribution is -0.118. The van der Waals surface area contributed by atoms with Gasteiger partial charge in [0.25, 0.3) is 15.9 Å². The summed E-state index contributed by atoms with van der Waals surface area (Å²) in [6, 6.07) is 13.3. The second-order valence-corrected chi connectivity index (χ2v) is 12.7. The van der Waals surface area contributed by atoms with Crippen molar-refractivity contribution in [2.24, 2.45) is 0 Å². The summed E-state index contributed by atoms with van der Waals surface area (Å²) in [7, 11) is -2.35. The molecular formula is C27H24ClFN4O4S2. The lowest BCUT2D eigenvalue weighted by Gasteiger charge is -2.20. The molecule has 2 aromatic heterocycles. The number of nitrogens with one attached hydrogen (secondary N) is 1. The van der Waals surface area contributed by atoms with Crippen molar-refractivity contribution in [2.45, 2.75) is 23.1 Å². The molecule has 0 aliphatic carbocycles. The first-order valence-electron chi connectivity index (χ1n) is 12.1. The molecule has 1 aliphatic rings. The van der Waals surface area contributed by atoms with Crippen LogP contribution in [0.15, 0.2) is 71.2 Å². The molecule has 0 radical (unpaired) electrons. The van der Waals surface area contributed by atoms with Gasteiger partial charge in [0.05, 0.1) is 5.69 Å². The van der Waals surface area contributed by atoms with E-state index in [9.17, 15) is 18.0 Å². The van der Waals surface area contributed by atoms with Crippen molar-refractivity contribution in [3.63, 3.8) is 0 Å². The SMILES string of the molecule is CN(CCc1cccnc1)C(=O)c1ccc(N2CC[C@H](NS(=O)(=O)c3cc4ccc(Cl)cc4s3)C2=O)c(F)c1. The van der Waals surface area contributed by atoms with E-state index in [1.165, 1.54) is 28.0 Å². The number of thiophene rings is 1. The zero-order valence-corrected chi connectivity index (χ0v) is 23.2. The van der Waals surface area contributed by atoms with Crippen LogP contribution >= 0.6 is 22.9 Å². The van der Waals surface area contributed by atoms with Crippen LogP contribution in [0.25, 0.3) is 10.1 Å². The smallest absolute Gasteiger partial charge is 0.253 e. The second kappa shape index (κ2) is 11.0. The molecule has 1 atom stereocenters. The maximum Gasteiger partial charge on any atom is 0.253 e. The molecule has 0 saturated carbocycles. The summed E-state index contributed by atoms with van der Waals surface area (Å²) in [6.45, 7) is 0.552. The number of sulfonamides is 1. The van der Waals surface area contributed by atoms with E-state index in [2.05, 4.69) is 9.71 Å². The van der Waals surface area contributed by atoms with Gasteiger partial charge < -0.3 is 9.80 Å². The van der Waals surface area contributed by atoms with Gasteiger partial charge in [-0.05, 0) is 66.3 Å². The Bertz CT molecular complexity index is 1660. The normalized spacial score (nSPS) is 15.7. The van der Waals surface area contributed by atoms with E-state index in [1.54, 1.807) is 37.6 Å². The highest BCUT2D eigenvalue weighted by Crippen LogP contribution is 2.32. The predicted molar refractivity (Wildman–Crippen MR) is 149 cm³/mol. The molecule has 4 aromatic rings. The molecule has 1 N–H and O–H groups in total. The lowest BCUT2D eigenvalue weighted by Crippen LogP contribution is -2.41. The van der Waals surface area contributed by atoms with Crippen LogP contribution in [0.2, 0.25) is 5.02 Å². The molecule has 1 aliphatic heterocycles. The topological polar surface area (TPSA) is 99.7 Å². The van der Waals surface area contributed by atoms with Gasteiger partial charge in [-0.25, -0.2) is 12.8 Å². The summed E-state index contributed by atoms with van der Waals surface area (Å²) in [6.07, 6.45) is 4.18. The number of aromatic nitrogens is 1. The number of benzene rings is 2. The standard InChI is InChI=1S/C27H24ClFN4O4S2/c1-32(11-8-17-3-2-10-30-16-17)26(34)19-5-7-23(21(29)13-19)33-12-9-22(27(33)35)31-39(36,37)25-14-18-4-6-20(28)15-24(18)38-25/h2-7,10,13-16,22,31H,8-9,11-12H2,1H3/t22-/m0/s1. The van der Waals surface area contributed by atoms with Crippen molar-refractivity contribution in [1.82, 2.24) is 14.6 Å². The summed E-state index contributed by atoms with van der Waals surface area (Å²) < 4.78 is 44.3. The van der Waals surface area contributed by atoms with Crippen LogP contribution < -0.4 is 9.62 Å². The molecule has 12 heteroatoms. The summed E-state index contributed by atoms with van der Waals surface area (Å²) in [5, 5.41) is 1.22. The first kappa shape index (κ1) is 27.2. The van der Waals surface area contributed by atoms with Gasteiger partial charge in [0.2, 0.25) is 5.91 Å². The Morgan fingerprint density at radius 3 is 2.79 bits per heavy atom. The van der Waals surface area contributed by atoms with Crippen molar-refractivity contribution in [1.29, 1.82) is 0 Å². The van der Waals surface area contributed by atoms with E-state index in [0.29, 0.717) is 22.7 Å². The Kier molecular flexibility index (Phi) is 7.68. The van der Waals surface area contributed by atoms with Crippen LogP contribution in [0.1, 0.15) is 22.3 Å². The Balaban J connectivity index is 1.25.